The van der Waals surface area contributed by atoms with Gasteiger partial charge in [0.15, 0.2) is 0 Å². The van der Waals surface area contributed by atoms with Crippen LogP contribution < -0.4 is 15.4 Å². The van der Waals surface area contributed by atoms with Gasteiger partial charge in [0.1, 0.15) is 5.75 Å². The van der Waals surface area contributed by atoms with E-state index in [1.807, 2.05) is 0 Å². The summed E-state index contributed by atoms with van der Waals surface area (Å²) in [5.74, 6) is -0.918. The van der Waals surface area contributed by atoms with Crippen molar-refractivity contribution in [2.24, 2.45) is 5.92 Å². The summed E-state index contributed by atoms with van der Waals surface area (Å²) in [6.07, 6.45) is 1.77. The number of piperidine rings is 1. The number of hydrogen-bond acceptors (Lipinski definition) is 4. The zero-order valence-electron chi connectivity index (χ0n) is 11.3. The Bertz CT molecular complexity index is 510. The van der Waals surface area contributed by atoms with Gasteiger partial charge in [0.05, 0.1) is 24.3 Å². The van der Waals surface area contributed by atoms with Gasteiger partial charge in [-0.15, -0.1) is 0 Å². The number of carbonyl (C=O) groups excluding carboxylic acids is 1. The maximum Gasteiger partial charge on any atom is 0.337 e. The van der Waals surface area contributed by atoms with Gasteiger partial charge in [-0.3, -0.25) is 4.79 Å². The maximum atomic E-state index is 12.1. The van der Waals surface area contributed by atoms with E-state index < -0.39 is 5.97 Å². The second kappa shape index (κ2) is 6.38. The van der Waals surface area contributed by atoms with Crippen LogP contribution in [0.25, 0.3) is 0 Å². The van der Waals surface area contributed by atoms with Crippen LogP contribution in [0.15, 0.2) is 18.2 Å². The number of anilines is 1. The van der Waals surface area contributed by atoms with Crippen molar-refractivity contribution in [3.63, 3.8) is 0 Å². The molecule has 1 heterocycles. The van der Waals surface area contributed by atoms with Crippen LogP contribution in [-0.4, -0.2) is 37.2 Å². The Hall–Kier alpha value is -2.08. The molecule has 1 atom stereocenters. The SMILES string of the molecule is COc1ccc(NC(=O)[C@H]2CCCNC2)c(C(=O)O)c1. The summed E-state index contributed by atoms with van der Waals surface area (Å²) in [6, 6.07) is 4.58. The summed E-state index contributed by atoms with van der Waals surface area (Å²) in [4.78, 5) is 23.3. The Morgan fingerprint density at radius 3 is 2.85 bits per heavy atom. The van der Waals surface area contributed by atoms with Crippen LogP contribution in [0.3, 0.4) is 0 Å². The zero-order chi connectivity index (χ0) is 14.5. The molecule has 108 valence electrons. The molecule has 6 nitrogen and oxygen atoms in total. The van der Waals surface area contributed by atoms with Crippen LogP contribution in [0, 0.1) is 5.92 Å². The fourth-order valence-corrected chi connectivity index (χ4v) is 2.25. The fourth-order valence-electron chi connectivity index (χ4n) is 2.25. The summed E-state index contributed by atoms with van der Waals surface area (Å²) >= 11 is 0. The number of nitrogens with one attached hydrogen (secondary N) is 2. The number of hydrogen-bond donors (Lipinski definition) is 3. The molecule has 20 heavy (non-hydrogen) atoms. The van der Waals surface area contributed by atoms with Crippen LogP contribution in [-0.2, 0) is 4.79 Å². The second-order valence-electron chi connectivity index (χ2n) is 4.75. The molecule has 3 N–H and O–H groups in total. The number of carboxylic acids is 1. The number of amides is 1. The number of rotatable bonds is 4. The topological polar surface area (TPSA) is 87.7 Å². The number of carboxylic acid groups (broad SMARTS) is 1. The van der Waals surface area contributed by atoms with Crippen LogP contribution in [0.2, 0.25) is 0 Å². The van der Waals surface area contributed by atoms with Gasteiger partial charge in [-0.05, 0) is 37.6 Å². The summed E-state index contributed by atoms with van der Waals surface area (Å²) in [5.41, 5.74) is 0.329. The van der Waals surface area contributed by atoms with Gasteiger partial charge in [-0.25, -0.2) is 4.79 Å². The van der Waals surface area contributed by atoms with Gasteiger partial charge in [-0.2, -0.15) is 0 Å². The summed E-state index contributed by atoms with van der Waals surface area (Å²) in [5, 5.41) is 15.0. The normalized spacial score (nSPS) is 18.4. The first-order valence-corrected chi connectivity index (χ1v) is 6.54. The molecule has 2 rings (SSSR count). The van der Waals surface area contributed by atoms with Crippen LogP contribution in [0.4, 0.5) is 5.69 Å². The third kappa shape index (κ3) is 3.27. The Labute approximate surface area is 117 Å². The van der Waals surface area contributed by atoms with Crippen molar-refractivity contribution < 1.29 is 19.4 Å². The van der Waals surface area contributed by atoms with Crippen molar-refractivity contribution >= 4 is 17.6 Å². The van der Waals surface area contributed by atoms with Gasteiger partial charge in [-0.1, -0.05) is 0 Å². The first-order chi connectivity index (χ1) is 9.61. The van der Waals surface area contributed by atoms with Gasteiger partial charge in [0.2, 0.25) is 5.91 Å². The van der Waals surface area contributed by atoms with E-state index in [9.17, 15) is 14.7 Å². The molecule has 1 aromatic rings. The lowest BCUT2D eigenvalue weighted by molar-refractivity contribution is -0.120. The van der Waals surface area contributed by atoms with Crippen molar-refractivity contribution in [1.29, 1.82) is 0 Å². The third-order valence-electron chi connectivity index (χ3n) is 3.38. The first-order valence-electron chi connectivity index (χ1n) is 6.54. The van der Waals surface area contributed by atoms with Gasteiger partial charge in [0.25, 0.3) is 0 Å². The van der Waals surface area contributed by atoms with E-state index in [4.69, 9.17) is 4.74 Å². The molecule has 0 radical (unpaired) electrons. The maximum absolute atomic E-state index is 12.1. The Kier molecular flexibility index (Phi) is 4.57. The van der Waals surface area contributed by atoms with E-state index in [1.54, 1.807) is 12.1 Å². The van der Waals surface area contributed by atoms with Crippen molar-refractivity contribution in [3.8, 4) is 5.75 Å². The van der Waals surface area contributed by atoms with Gasteiger partial charge >= 0.3 is 5.97 Å². The fraction of sp³-hybridized carbons (Fsp3) is 0.429. The molecule has 0 aromatic heterocycles. The monoisotopic (exact) mass is 278 g/mol. The lowest BCUT2D eigenvalue weighted by Crippen LogP contribution is -2.37. The van der Waals surface area contributed by atoms with E-state index in [1.165, 1.54) is 13.2 Å². The van der Waals surface area contributed by atoms with Gasteiger partial charge < -0.3 is 20.5 Å². The van der Waals surface area contributed by atoms with Crippen LogP contribution >= 0.6 is 0 Å². The minimum atomic E-state index is -1.10. The smallest absolute Gasteiger partial charge is 0.337 e. The highest BCUT2D eigenvalue weighted by molar-refractivity contribution is 6.01. The lowest BCUT2D eigenvalue weighted by Gasteiger charge is -2.22. The molecule has 0 aliphatic carbocycles. The summed E-state index contributed by atoms with van der Waals surface area (Å²) in [7, 11) is 1.47. The molecule has 0 unspecified atom stereocenters. The Morgan fingerprint density at radius 1 is 1.45 bits per heavy atom. The molecule has 1 amide bonds. The minimum absolute atomic E-state index is 0.0291. The average molecular weight is 278 g/mol. The molecule has 1 aromatic carbocycles. The third-order valence-corrected chi connectivity index (χ3v) is 3.38. The van der Waals surface area contributed by atoms with Crippen molar-refractivity contribution in [1.82, 2.24) is 5.32 Å². The molecular weight excluding hydrogens is 260 g/mol. The van der Waals surface area contributed by atoms with Crippen molar-refractivity contribution in [2.75, 3.05) is 25.5 Å². The predicted molar refractivity (Wildman–Crippen MR) is 74.2 cm³/mol. The van der Waals surface area contributed by atoms with Crippen molar-refractivity contribution in [2.45, 2.75) is 12.8 Å². The molecule has 0 saturated carbocycles. The molecule has 0 spiro atoms. The predicted octanol–water partition coefficient (Wildman–Crippen LogP) is 1.33. The van der Waals surface area contributed by atoms with E-state index in [2.05, 4.69) is 10.6 Å². The molecule has 1 fully saturated rings. The highest BCUT2D eigenvalue weighted by Crippen LogP contribution is 2.23. The zero-order valence-corrected chi connectivity index (χ0v) is 11.3. The largest absolute Gasteiger partial charge is 0.497 e. The number of carbonyl (C=O) groups is 2. The molecule has 1 saturated heterocycles. The second-order valence-corrected chi connectivity index (χ2v) is 4.75. The van der Waals surface area contributed by atoms with E-state index in [-0.39, 0.29) is 17.4 Å². The molecular formula is C14H18N2O4. The van der Waals surface area contributed by atoms with Crippen molar-refractivity contribution in [3.05, 3.63) is 23.8 Å². The van der Waals surface area contributed by atoms with E-state index >= 15 is 0 Å². The molecule has 1 aliphatic rings. The Balaban J connectivity index is 2.15. The molecule has 1 aliphatic heterocycles. The highest BCUT2D eigenvalue weighted by Gasteiger charge is 2.22. The van der Waals surface area contributed by atoms with Gasteiger partial charge in [0, 0.05) is 6.54 Å². The highest BCUT2D eigenvalue weighted by atomic mass is 16.5. The number of aromatic carboxylic acids is 1. The standard InChI is InChI=1S/C14H18N2O4/c1-20-10-4-5-12(11(7-10)14(18)19)16-13(17)9-3-2-6-15-8-9/h4-5,7,9,15H,2-3,6,8H2,1H3,(H,16,17)(H,18,19)/t9-/m0/s1. The number of methoxy groups -OCH3 is 1. The number of benzene rings is 1. The summed E-state index contributed by atoms with van der Waals surface area (Å²) < 4.78 is 5.00. The average Bonchev–Trinajstić information content (AvgIpc) is 2.48. The van der Waals surface area contributed by atoms with E-state index in [0.29, 0.717) is 18.0 Å². The molecule has 0 bridgehead atoms. The number of ether oxygens (including phenoxy) is 1. The van der Waals surface area contributed by atoms with Crippen LogP contribution in [0.1, 0.15) is 23.2 Å². The van der Waals surface area contributed by atoms with Crippen LogP contribution in [0.5, 0.6) is 5.75 Å². The lowest BCUT2D eigenvalue weighted by atomic mass is 9.98. The summed E-state index contributed by atoms with van der Waals surface area (Å²) in [6.45, 7) is 1.55. The van der Waals surface area contributed by atoms with E-state index in [0.717, 1.165) is 19.4 Å². The molecule has 6 heteroatoms. The minimum Gasteiger partial charge on any atom is -0.497 e. The quantitative estimate of drug-likeness (QED) is 0.773. The first kappa shape index (κ1) is 14.3. The Morgan fingerprint density at radius 2 is 2.25 bits per heavy atom.